The van der Waals surface area contributed by atoms with Gasteiger partial charge >= 0.3 is 0 Å². The van der Waals surface area contributed by atoms with E-state index >= 15 is 0 Å². The molecule has 0 bridgehead atoms. The number of aromatic nitrogens is 1. The smallest absolute Gasteiger partial charge is 0.126 e. The van der Waals surface area contributed by atoms with Crippen molar-refractivity contribution in [3.05, 3.63) is 48.2 Å². The van der Waals surface area contributed by atoms with E-state index in [-0.39, 0.29) is 0 Å². The van der Waals surface area contributed by atoms with E-state index in [0.29, 0.717) is 12.5 Å². The minimum absolute atomic E-state index is 0.554. The molecule has 5 nitrogen and oxygen atoms in total. The van der Waals surface area contributed by atoms with Crippen LogP contribution >= 0.6 is 0 Å². The topological polar surface area (TPSA) is 46.6 Å². The van der Waals surface area contributed by atoms with Crippen LogP contribution < -0.4 is 14.8 Å². The molecule has 1 aliphatic heterocycles. The number of piperidine rings is 1. The molecule has 0 amide bonds. The van der Waals surface area contributed by atoms with Gasteiger partial charge in [-0.05, 0) is 68.6 Å². The molecule has 30 heavy (non-hydrogen) atoms. The Morgan fingerprint density at radius 3 is 2.57 bits per heavy atom. The van der Waals surface area contributed by atoms with Gasteiger partial charge in [0.15, 0.2) is 0 Å². The van der Waals surface area contributed by atoms with Gasteiger partial charge < -0.3 is 14.8 Å². The zero-order chi connectivity index (χ0) is 20.6. The molecule has 2 fully saturated rings. The molecule has 162 valence electrons. The molecule has 1 saturated carbocycles. The maximum atomic E-state index is 5.80. The van der Waals surface area contributed by atoms with E-state index in [4.69, 9.17) is 14.5 Å². The van der Waals surface area contributed by atoms with Gasteiger partial charge in [-0.1, -0.05) is 25.3 Å². The minimum Gasteiger partial charge on any atom is -0.497 e. The molecule has 5 heteroatoms. The van der Waals surface area contributed by atoms with Crippen molar-refractivity contribution in [2.24, 2.45) is 0 Å². The second-order valence-corrected chi connectivity index (χ2v) is 8.52. The van der Waals surface area contributed by atoms with Crippen LogP contribution in [0.5, 0.6) is 11.5 Å². The normalized spacial score (nSPS) is 20.6. The van der Waals surface area contributed by atoms with Crippen LogP contribution in [0.1, 0.15) is 56.6 Å². The summed E-state index contributed by atoms with van der Waals surface area (Å²) in [6.45, 7) is 3.75. The van der Waals surface area contributed by atoms with Crippen LogP contribution in [0.15, 0.2) is 42.5 Å². The Morgan fingerprint density at radius 1 is 0.967 bits per heavy atom. The van der Waals surface area contributed by atoms with Crippen molar-refractivity contribution in [1.82, 2.24) is 9.88 Å². The van der Waals surface area contributed by atoms with Gasteiger partial charge in [-0.3, -0.25) is 4.90 Å². The molecule has 0 spiro atoms. The fraction of sp³-hybridized carbons (Fsp3) is 0.560. The predicted octanol–water partition coefficient (Wildman–Crippen LogP) is 5.09. The lowest BCUT2D eigenvalue weighted by Crippen LogP contribution is -2.43. The number of nitrogens with one attached hydrogen (secondary N) is 1. The fourth-order valence-electron chi connectivity index (χ4n) is 4.82. The Bertz CT molecular complexity index is 774. The van der Waals surface area contributed by atoms with Crippen LogP contribution in [0.4, 0.5) is 5.82 Å². The molecule has 1 atom stereocenters. The molecule has 0 unspecified atom stereocenters. The van der Waals surface area contributed by atoms with Gasteiger partial charge in [-0.25, -0.2) is 4.98 Å². The highest BCUT2D eigenvalue weighted by molar-refractivity contribution is 5.36. The monoisotopic (exact) mass is 409 g/mol. The molecule has 1 N–H and O–H groups in total. The third-order valence-corrected chi connectivity index (χ3v) is 6.47. The molecule has 1 aliphatic carbocycles. The SMILES string of the molecule is COc1ccc(OCCNc2cccc([C@@H]3CCCN(C4CCCCC4)C3)n2)cc1. The molecule has 4 rings (SSSR count). The Labute approximate surface area is 180 Å². The fourth-order valence-corrected chi connectivity index (χ4v) is 4.82. The predicted molar refractivity (Wildman–Crippen MR) is 122 cm³/mol. The summed E-state index contributed by atoms with van der Waals surface area (Å²) in [4.78, 5) is 7.68. The second kappa shape index (κ2) is 10.7. The van der Waals surface area contributed by atoms with Crippen LogP contribution in [0, 0.1) is 0 Å². The second-order valence-electron chi connectivity index (χ2n) is 8.52. The van der Waals surface area contributed by atoms with Crippen molar-refractivity contribution in [2.75, 3.05) is 38.7 Å². The van der Waals surface area contributed by atoms with Gasteiger partial charge in [0.1, 0.15) is 23.9 Å². The quantitative estimate of drug-likeness (QED) is 0.615. The lowest BCUT2D eigenvalue weighted by molar-refractivity contribution is 0.118. The summed E-state index contributed by atoms with van der Waals surface area (Å²) < 4.78 is 11.0. The van der Waals surface area contributed by atoms with E-state index in [0.717, 1.165) is 29.9 Å². The minimum atomic E-state index is 0.554. The van der Waals surface area contributed by atoms with Gasteiger partial charge in [0.25, 0.3) is 0 Å². The zero-order valence-electron chi connectivity index (χ0n) is 18.2. The van der Waals surface area contributed by atoms with Crippen LogP contribution in [0.25, 0.3) is 0 Å². The number of methoxy groups -OCH3 is 1. The van der Waals surface area contributed by atoms with Gasteiger partial charge in [-0.2, -0.15) is 0 Å². The number of anilines is 1. The van der Waals surface area contributed by atoms with Crippen molar-refractivity contribution in [3.63, 3.8) is 0 Å². The average Bonchev–Trinajstić information content (AvgIpc) is 2.83. The van der Waals surface area contributed by atoms with Gasteiger partial charge in [0.05, 0.1) is 13.7 Å². The molecule has 1 saturated heterocycles. The van der Waals surface area contributed by atoms with E-state index in [1.165, 1.54) is 63.7 Å². The van der Waals surface area contributed by atoms with Crippen molar-refractivity contribution in [2.45, 2.75) is 56.9 Å². The first-order valence-electron chi connectivity index (χ1n) is 11.5. The number of ether oxygens (including phenoxy) is 2. The Kier molecular flexibility index (Phi) is 7.46. The van der Waals surface area contributed by atoms with Gasteiger partial charge in [0.2, 0.25) is 0 Å². The maximum absolute atomic E-state index is 5.80. The average molecular weight is 410 g/mol. The Balaban J connectivity index is 1.26. The summed E-state index contributed by atoms with van der Waals surface area (Å²) >= 11 is 0. The van der Waals surface area contributed by atoms with Gasteiger partial charge in [0, 0.05) is 24.2 Å². The molecular weight excluding hydrogens is 374 g/mol. The highest BCUT2D eigenvalue weighted by Gasteiger charge is 2.28. The first kappa shape index (κ1) is 21.0. The molecule has 2 aromatic rings. The highest BCUT2D eigenvalue weighted by Crippen LogP contribution is 2.31. The number of hydrogen-bond donors (Lipinski definition) is 1. The molecule has 2 aliphatic rings. The summed E-state index contributed by atoms with van der Waals surface area (Å²) in [6, 6.07) is 14.9. The number of hydrogen-bond acceptors (Lipinski definition) is 5. The summed E-state index contributed by atoms with van der Waals surface area (Å²) in [7, 11) is 1.67. The van der Waals surface area contributed by atoms with Gasteiger partial charge in [-0.15, -0.1) is 0 Å². The number of benzene rings is 1. The summed E-state index contributed by atoms with van der Waals surface area (Å²) in [6.07, 6.45) is 9.54. The maximum Gasteiger partial charge on any atom is 0.126 e. The van der Waals surface area contributed by atoms with Crippen LogP contribution in [-0.4, -0.2) is 49.3 Å². The third-order valence-electron chi connectivity index (χ3n) is 6.47. The standard InChI is InChI=1S/C25H35N3O2/c1-29-22-12-14-23(15-13-22)30-18-16-26-25-11-5-10-24(27-25)20-7-6-17-28(19-20)21-8-3-2-4-9-21/h5,10-15,20-21H,2-4,6-9,16-19H2,1H3,(H,26,27)/t20-/m1/s1. The number of pyridine rings is 1. The lowest BCUT2D eigenvalue weighted by atomic mass is 9.89. The number of nitrogens with zero attached hydrogens (tertiary/aromatic N) is 2. The number of rotatable bonds is 8. The van der Waals surface area contributed by atoms with E-state index in [9.17, 15) is 0 Å². The molecule has 1 aromatic heterocycles. The van der Waals surface area contributed by atoms with Crippen molar-refractivity contribution < 1.29 is 9.47 Å². The first-order valence-corrected chi connectivity index (χ1v) is 11.5. The van der Waals surface area contributed by atoms with E-state index in [2.05, 4.69) is 28.4 Å². The number of likely N-dealkylation sites (tertiary alicyclic amines) is 1. The summed E-state index contributed by atoms with van der Waals surface area (Å²) in [5.74, 6) is 3.19. The van der Waals surface area contributed by atoms with Crippen molar-refractivity contribution in [3.8, 4) is 11.5 Å². The first-order chi connectivity index (χ1) is 14.8. The molecule has 1 aromatic carbocycles. The van der Waals surface area contributed by atoms with E-state index < -0.39 is 0 Å². The van der Waals surface area contributed by atoms with Crippen LogP contribution in [-0.2, 0) is 0 Å². The highest BCUT2D eigenvalue weighted by atomic mass is 16.5. The molecule has 0 radical (unpaired) electrons. The summed E-state index contributed by atoms with van der Waals surface area (Å²) in [5.41, 5.74) is 1.23. The Morgan fingerprint density at radius 2 is 1.77 bits per heavy atom. The van der Waals surface area contributed by atoms with E-state index in [1.54, 1.807) is 7.11 Å². The summed E-state index contributed by atoms with van der Waals surface area (Å²) in [5, 5.41) is 3.42. The van der Waals surface area contributed by atoms with Crippen LogP contribution in [0.3, 0.4) is 0 Å². The van der Waals surface area contributed by atoms with Crippen LogP contribution in [0.2, 0.25) is 0 Å². The van der Waals surface area contributed by atoms with Crippen molar-refractivity contribution in [1.29, 1.82) is 0 Å². The molecular formula is C25H35N3O2. The Hall–Kier alpha value is -2.27. The lowest BCUT2D eigenvalue weighted by Gasteiger charge is -2.40. The van der Waals surface area contributed by atoms with Crippen molar-refractivity contribution >= 4 is 5.82 Å². The molecule has 2 heterocycles. The zero-order valence-corrected chi connectivity index (χ0v) is 18.2. The third kappa shape index (κ3) is 5.66. The van der Waals surface area contributed by atoms with E-state index in [1.807, 2.05) is 24.3 Å². The largest absolute Gasteiger partial charge is 0.497 e.